The van der Waals surface area contributed by atoms with Crippen LogP contribution in [0, 0.1) is 17.7 Å². The number of nitrogens with zero attached hydrogens (tertiary/aromatic N) is 1. The first-order valence-corrected chi connectivity index (χ1v) is 7.55. The third-order valence-corrected chi connectivity index (χ3v) is 3.23. The highest BCUT2D eigenvalue weighted by Crippen LogP contribution is 2.20. The van der Waals surface area contributed by atoms with Gasteiger partial charge in [0.15, 0.2) is 0 Å². The van der Waals surface area contributed by atoms with Crippen molar-refractivity contribution in [2.45, 2.75) is 40.2 Å². The molecule has 0 heterocycles. The lowest BCUT2D eigenvalue weighted by molar-refractivity contribution is 0.128. The lowest BCUT2D eigenvalue weighted by atomic mass is 10.0. The number of benzene rings is 1. The second kappa shape index (κ2) is 8.38. The molecule has 0 amide bonds. The average molecular weight is 281 g/mol. The largest absolute Gasteiger partial charge is 0.388 e. The Balaban J connectivity index is 2.55. The lowest BCUT2D eigenvalue weighted by Crippen LogP contribution is -2.33. The van der Waals surface area contributed by atoms with Gasteiger partial charge in [-0.25, -0.2) is 4.39 Å². The third-order valence-electron chi connectivity index (χ3n) is 3.23. The van der Waals surface area contributed by atoms with E-state index in [9.17, 15) is 9.50 Å². The van der Waals surface area contributed by atoms with E-state index >= 15 is 0 Å². The molecule has 0 spiro atoms. The summed E-state index contributed by atoms with van der Waals surface area (Å²) in [5.74, 6) is 0.873. The zero-order chi connectivity index (χ0) is 15.1. The van der Waals surface area contributed by atoms with Crippen LogP contribution in [0.2, 0.25) is 0 Å². The standard InChI is InChI=1S/C17H28FNO/c1-13(2)11-19(12-14(3)4)10-9-17(20)15-7-5-6-8-16(15)18/h5-8,13-14,17,20H,9-12H2,1-4H3. The van der Waals surface area contributed by atoms with Gasteiger partial charge in [0.2, 0.25) is 0 Å². The molecule has 0 saturated heterocycles. The molecule has 1 aromatic carbocycles. The number of aliphatic hydroxyl groups is 1. The third kappa shape index (κ3) is 6.02. The van der Waals surface area contributed by atoms with Gasteiger partial charge in [-0.1, -0.05) is 45.9 Å². The van der Waals surface area contributed by atoms with Gasteiger partial charge in [-0.15, -0.1) is 0 Å². The van der Waals surface area contributed by atoms with Crippen LogP contribution in [0.3, 0.4) is 0 Å². The molecule has 1 unspecified atom stereocenters. The minimum absolute atomic E-state index is 0.320. The predicted octanol–water partition coefficient (Wildman–Crippen LogP) is 3.86. The van der Waals surface area contributed by atoms with Crippen LogP contribution in [-0.2, 0) is 0 Å². The van der Waals surface area contributed by atoms with Gasteiger partial charge in [0, 0.05) is 25.2 Å². The summed E-state index contributed by atoms with van der Waals surface area (Å²) in [6.45, 7) is 11.6. The van der Waals surface area contributed by atoms with Crippen molar-refractivity contribution in [3.05, 3.63) is 35.6 Å². The van der Waals surface area contributed by atoms with Crippen molar-refractivity contribution < 1.29 is 9.50 Å². The fourth-order valence-electron chi connectivity index (χ4n) is 2.50. The monoisotopic (exact) mass is 281 g/mol. The van der Waals surface area contributed by atoms with Gasteiger partial charge in [0.05, 0.1) is 6.10 Å². The minimum atomic E-state index is -0.724. The van der Waals surface area contributed by atoms with Crippen molar-refractivity contribution in [1.82, 2.24) is 4.90 Å². The van der Waals surface area contributed by atoms with Crippen LogP contribution >= 0.6 is 0 Å². The fraction of sp³-hybridized carbons (Fsp3) is 0.647. The van der Waals surface area contributed by atoms with E-state index in [2.05, 4.69) is 32.6 Å². The van der Waals surface area contributed by atoms with Gasteiger partial charge >= 0.3 is 0 Å². The number of hydrogen-bond acceptors (Lipinski definition) is 2. The molecule has 0 aliphatic heterocycles. The molecule has 2 nitrogen and oxygen atoms in total. The molecule has 1 N–H and O–H groups in total. The van der Waals surface area contributed by atoms with E-state index in [4.69, 9.17) is 0 Å². The summed E-state index contributed by atoms with van der Waals surface area (Å²) in [6.07, 6.45) is -0.154. The maximum atomic E-state index is 13.6. The van der Waals surface area contributed by atoms with E-state index in [1.165, 1.54) is 6.07 Å². The van der Waals surface area contributed by atoms with Gasteiger partial charge in [0.25, 0.3) is 0 Å². The fourth-order valence-corrected chi connectivity index (χ4v) is 2.50. The van der Waals surface area contributed by atoms with Crippen LogP contribution in [0.4, 0.5) is 4.39 Å². The molecule has 1 rings (SSSR count). The number of rotatable bonds is 8. The van der Waals surface area contributed by atoms with E-state index in [0.717, 1.165) is 19.6 Å². The Hall–Kier alpha value is -0.930. The zero-order valence-electron chi connectivity index (χ0n) is 13.1. The highest BCUT2D eigenvalue weighted by Gasteiger charge is 2.15. The topological polar surface area (TPSA) is 23.5 Å². The molecule has 0 aromatic heterocycles. The number of aliphatic hydroxyl groups excluding tert-OH is 1. The first kappa shape index (κ1) is 17.1. The molecule has 0 bridgehead atoms. The lowest BCUT2D eigenvalue weighted by Gasteiger charge is -2.27. The Morgan fingerprint density at radius 2 is 1.60 bits per heavy atom. The molecular weight excluding hydrogens is 253 g/mol. The van der Waals surface area contributed by atoms with E-state index in [1.807, 2.05) is 0 Å². The Kier molecular flexibility index (Phi) is 7.17. The van der Waals surface area contributed by atoms with Crippen molar-refractivity contribution in [2.75, 3.05) is 19.6 Å². The van der Waals surface area contributed by atoms with Crippen molar-refractivity contribution in [3.8, 4) is 0 Å². The van der Waals surface area contributed by atoms with Crippen molar-refractivity contribution in [1.29, 1.82) is 0 Å². The van der Waals surface area contributed by atoms with Crippen LogP contribution in [0.5, 0.6) is 0 Å². The predicted molar refractivity (Wildman–Crippen MR) is 82.1 cm³/mol. The van der Waals surface area contributed by atoms with E-state index in [1.54, 1.807) is 18.2 Å². The second-order valence-corrected chi connectivity index (χ2v) is 6.37. The highest BCUT2D eigenvalue weighted by molar-refractivity contribution is 5.19. The zero-order valence-corrected chi connectivity index (χ0v) is 13.1. The first-order valence-electron chi connectivity index (χ1n) is 7.55. The van der Waals surface area contributed by atoms with Crippen LogP contribution < -0.4 is 0 Å². The maximum absolute atomic E-state index is 13.6. The van der Waals surface area contributed by atoms with Gasteiger partial charge in [0.1, 0.15) is 5.82 Å². The summed E-state index contributed by atoms with van der Waals surface area (Å²) in [5.41, 5.74) is 0.404. The molecule has 0 radical (unpaired) electrons. The van der Waals surface area contributed by atoms with Crippen LogP contribution in [-0.4, -0.2) is 29.6 Å². The molecule has 20 heavy (non-hydrogen) atoms. The first-order chi connectivity index (χ1) is 9.40. The molecule has 1 aromatic rings. The number of hydrogen-bond donors (Lipinski definition) is 1. The second-order valence-electron chi connectivity index (χ2n) is 6.37. The van der Waals surface area contributed by atoms with Crippen LogP contribution in [0.1, 0.15) is 45.8 Å². The van der Waals surface area contributed by atoms with E-state index in [0.29, 0.717) is 23.8 Å². The summed E-state index contributed by atoms with van der Waals surface area (Å²) >= 11 is 0. The van der Waals surface area contributed by atoms with Crippen LogP contribution in [0.25, 0.3) is 0 Å². The highest BCUT2D eigenvalue weighted by atomic mass is 19.1. The molecule has 1 atom stereocenters. The quantitative estimate of drug-likeness (QED) is 0.782. The minimum Gasteiger partial charge on any atom is -0.388 e. The normalized spacial score (nSPS) is 13.4. The van der Waals surface area contributed by atoms with Crippen molar-refractivity contribution in [3.63, 3.8) is 0 Å². The van der Waals surface area contributed by atoms with Gasteiger partial charge < -0.3 is 10.0 Å². The summed E-state index contributed by atoms with van der Waals surface area (Å²) in [7, 11) is 0. The van der Waals surface area contributed by atoms with Gasteiger partial charge in [-0.3, -0.25) is 0 Å². The molecule has 0 aliphatic rings. The summed E-state index contributed by atoms with van der Waals surface area (Å²) < 4.78 is 13.6. The molecular formula is C17H28FNO. The van der Waals surface area contributed by atoms with Gasteiger partial charge in [-0.05, 0) is 24.3 Å². The van der Waals surface area contributed by atoms with Crippen molar-refractivity contribution in [2.24, 2.45) is 11.8 Å². The average Bonchev–Trinajstić information content (AvgIpc) is 2.34. The maximum Gasteiger partial charge on any atom is 0.128 e. The smallest absolute Gasteiger partial charge is 0.128 e. The van der Waals surface area contributed by atoms with Gasteiger partial charge in [-0.2, -0.15) is 0 Å². The molecule has 0 aliphatic carbocycles. The Labute approximate surface area is 122 Å². The summed E-state index contributed by atoms with van der Waals surface area (Å²) in [4.78, 5) is 2.36. The Morgan fingerprint density at radius 3 is 2.10 bits per heavy atom. The molecule has 0 fully saturated rings. The van der Waals surface area contributed by atoms with Crippen molar-refractivity contribution >= 4 is 0 Å². The van der Waals surface area contributed by atoms with E-state index < -0.39 is 6.10 Å². The SMILES string of the molecule is CC(C)CN(CCC(O)c1ccccc1F)CC(C)C. The Morgan fingerprint density at radius 1 is 1.05 bits per heavy atom. The molecule has 0 saturated carbocycles. The summed E-state index contributed by atoms with van der Waals surface area (Å²) in [6, 6.07) is 6.48. The molecule has 114 valence electrons. The van der Waals surface area contributed by atoms with Crippen LogP contribution in [0.15, 0.2) is 24.3 Å². The number of halogens is 1. The van der Waals surface area contributed by atoms with E-state index in [-0.39, 0.29) is 5.82 Å². The molecule has 3 heteroatoms. The Bertz CT molecular complexity index is 382. The summed E-state index contributed by atoms with van der Waals surface area (Å²) in [5, 5.41) is 10.2.